The lowest BCUT2D eigenvalue weighted by Gasteiger charge is -2.19. The van der Waals surface area contributed by atoms with Crippen LogP contribution >= 0.6 is 15.9 Å². The molecule has 18 heavy (non-hydrogen) atoms. The third kappa shape index (κ3) is 3.14. The number of benzene rings is 1. The summed E-state index contributed by atoms with van der Waals surface area (Å²) >= 11 is 3.53. The summed E-state index contributed by atoms with van der Waals surface area (Å²) in [6, 6.07) is 8.25. The predicted octanol–water partition coefficient (Wildman–Crippen LogP) is 3.54. The number of alkyl halides is 1. The molecule has 1 N–H and O–H groups in total. The van der Waals surface area contributed by atoms with Crippen LogP contribution in [0, 0.1) is 5.92 Å². The Kier molecular flexibility index (Phi) is 4.81. The number of carbonyl (C=O) groups excluding carboxylic acids is 1. The molecule has 2 rings (SSSR count). The van der Waals surface area contributed by atoms with Gasteiger partial charge in [-0.3, -0.25) is 4.79 Å². The van der Waals surface area contributed by atoms with E-state index in [1.807, 2.05) is 24.3 Å². The molecule has 1 fully saturated rings. The standard InChI is InChI=1S/C15H20BrNO/c1-2-11-6-8-12(9-7-11)15(18)17-14-5-3-4-13(14)10-16/h6-9,13-14H,2-5,10H2,1H3,(H,17,18). The molecule has 2 nitrogen and oxygen atoms in total. The van der Waals surface area contributed by atoms with E-state index in [1.165, 1.54) is 18.4 Å². The number of amides is 1. The van der Waals surface area contributed by atoms with Gasteiger partial charge in [0.05, 0.1) is 0 Å². The Hall–Kier alpha value is -0.830. The van der Waals surface area contributed by atoms with Gasteiger partial charge in [0.25, 0.3) is 5.91 Å². The Bertz CT molecular complexity index is 401. The largest absolute Gasteiger partial charge is 0.349 e. The summed E-state index contributed by atoms with van der Waals surface area (Å²) in [5.74, 6) is 0.652. The summed E-state index contributed by atoms with van der Waals surface area (Å²) in [4.78, 5) is 12.1. The highest BCUT2D eigenvalue weighted by Crippen LogP contribution is 2.27. The number of hydrogen-bond acceptors (Lipinski definition) is 1. The summed E-state index contributed by atoms with van der Waals surface area (Å²) in [5, 5.41) is 4.14. The molecule has 0 radical (unpaired) electrons. The second kappa shape index (κ2) is 6.37. The first-order valence-corrected chi connectivity index (χ1v) is 7.82. The molecule has 0 aliphatic heterocycles. The maximum Gasteiger partial charge on any atom is 0.251 e. The van der Waals surface area contributed by atoms with Crippen LogP contribution in [0.1, 0.15) is 42.1 Å². The van der Waals surface area contributed by atoms with Crippen molar-refractivity contribution >= 4 is 21.8 Å². The maximum absolute atomic E-state index is 12.1. The topological polar surface area (TPSA) is 29.1 Å². The maximum atomic E-state index is 12.1. The molecule has 2 atom stereocenters. The molecule has 1 aliphatic carbocycles. The first-order valence-electron chi connectivity index (χ1n) is 6.70. The zero-order chi connectivity index (χ0) is 13.0. The van der Waals surface area contributed by atoms with Crippen LogP contribution in [-0.2, 0) is 6.42 Å². The molecule has 2 unspecified atom stereocenters. The van der Waals surface area contributed by atoms with Gasteiger partial charge in [-0.05, 0) is 42.9 Å². The number of halogens is 1. The molecule has 1 aliphatic rings. The Morgan fingerprint density at radius 1 is 1.33 bits per heavy atom. The minimum absolute atomic E-state index is 0.0653. The van der Waals surface area contributed by atoms with Crippen molar-refractivity contribution in [1.82, 2.24) is 5.32 Å². The number of rotatable bonds is 4. The van der Waals surface area contributed by atoms with E-state index in [0.717, 1.165) is 23.7 Å². The van der Waals surface area contributed by atoms with E-state index in [1.54, 1.807) is 0 Å². The van der Waals surface area contributed by atoms with Crippen molar-refractivity contribution in [3.05, 3.63) is 35.4 Å². The summed E-state index contributed by atoms with van der Waals surface area (Å²) < 4.78 is 0. The highest BCUT2D eigenvalue weighted by molar-refractivity contribution is 9.09. The van der Waals surface area contributed by atoms with E-state index < -0.39 is 0 Å². The fourth-order valence-corrected chi connectivity index (χ4v) is 3.33. The van der Waals surface area contributed by atoms with Crippen molar-refractivity contribution in [3.63, 3.8) is 0 Å². The third-order valence-electron chi connectivity index (χ3n) is 3.80. The number of aryl methyl sites for hydroxylation is 1. The molecule has 0 aromatic heterocycles. The van der Waals surface area contributed by atoms with Crippen LogP contribution in [0.3, 0.4) is 0 Å². The summed E-state index contributed by atoms with van der Waals surface area (Å²) in [6.45, 7) is 2.12. The molecule has 0 saturated heterocycles. The number of nitrogens with one attached hydrogen (secondary N) is 1. The molecule has 1 amide bonds. The highest BCUT2D eigenvalue weighted by Gasteiger charge is 2.27. The van der Waals surface area contributed by atoms with Crippen LogP contribution < -0.4 is 5.32 Å². The SMILES string of the molecule is CCc1ccc(C(=O)NC2CCCC2CBr)cc1. The quantitative estimate of drug-likeness (QED) is 0.847. The molecular weight excluding hydrogens is 290 g/mol. The van der Waals surface area contributed by atoms with Gasteiger partial charge in [0.15, 0.2) is 0 Å². The van der Waals surface area contributed by atoms with Crippen LogP contribution in [0.4, 0.5) is 0 Å². The van der Waals surface area contributed by atoms with Crippen LogP contribution in [0.5, 0.6) is 0 Å². The Balaban J connectivity index is 1.98. The van der Waals surface area contributed by atoms with E-state index >= 15 is 0 Å². The van der Waals surface area contributed by atoms with E-state index in [0.29, 0.717) is 12.0 Å². The molecule has 98 valence electrons. The van der Waals surface area contributed by atoms with Crippen molar-refractivity contribution in [2.75, 3.05) is 5.33 Å². The number of hydrogen-bond donors (Lipinski definition) is 1. The Morgan fingerprint density at radius 2 is 2.06 bits per heavy atom. The summed E-state index contributed by atoms with van der Waals surface area (Å²) in [5.41, 5.74) is 2.04. The molecule has 0 bridgehead atoms. The van der Waals surface area contributed by atoms with Crippen LogP contribution in [-0.4, -0.2) is 17.3 Å². The fraction of sp³-hybridized carbons (Fsp3) is 0.533. The molecule has 1 aromatic carbocycles. The smallest absolute Gasteiger partial charge is 0.251 e. The van der Waals surface area contributed by atoms with Gasteiger partial charge in [-0.1, -0.05) is 41.4 Å². The van der Waals surface area contributed by atoms with Crippen LogP contribution in [0.25, 0.3) is 0 Å². The second-order valence-electron chi connectivity index (χ2n) is 4.98. The van der Waals surface area contributed by atoms with Crippen molar-refractivity contribution in [2.24, 2.45) is 5.92 Å². The first kappa shape index (κ1) is 13.6. The Labute approximate surface area is 117 Å². The van der Waals surface area contributed by atoms with Gasteiger partial charge in [-0.25, -0.2) is 0 Å². The van der Waals surface area contributed by atoms with Crippen molar-refractivity contribution < 1.29 is 4.79 Å². The van der Waals surface area contributed by atoms with Crippen LogP contribution in [0.2, 0.25) is 0 Å². The van der Waals surface area contributed by atoms with E-state index in [-0.39, 0.29) is 5.91 Å². The van der Waals surface area contributed by atoms with Crippen molar-refractivity contribution in [3.8, 4) is 0 Å². The lowest BCUT2D eigenvalue weighted by Crippen LogP contribution is -2.37. The fourth-order valence-electron chi connectivity index (χ4n) is 2.56. The average Bonchev–Trinajstić information content (AvgIpc) is 2.86. The van der Waals surface area contributed by atoms with Crippen molar-refractivity contribution in [2.45, 2.75) is 38.6 Å². The van der Waals surface area contributed by atoms with E-state index in [2.05, 4.69) is 28.2 Å². The molecule has 1 saturated carbocycles. The normalized spacial score (nSPS) is 23.0. The first-order chi connectivity index (χ1) is 8.74. The predicted molar refractivity (Wildman–Crippen MR) is 78.2 cm³/mol. The molecule has 0 spiro atoms. The lowest BCUT2D eigenvalue weighted by atomic mass is 10.1. The van der Waals surface area contributed by atoms with Gasteiger partial charge in [-0.15, -0.1) is 0 Å². The van der Waals surface area contributed by atoms with Gasteiger partial charge in [0.2, 0.25) is 0 Å². The zero-order valence-electron chi connectivity index (χ0n) is 10.8. The molecule has 1 aromatic rings. The van der Waals surface area contributed by atoms with E-state index in [9.17, 15) is 4.79 Å². The third-order valence-corrected chi connectivity index (χ3v) is 4.63. The van der Waals surface area contributed by atoms with Gasteiger partial charge >= 0.3 is 0 Å². The highest BCUT2D eigenvalue weighted by atomic mass is 79.9. The minimum atomic E-state index is 0.0653. The monoisotopic (exact) mass is 309 g/mol. The van der Waals surface area contributed by atoms with Gasteiger partial charge in [0.1, 0.15) is 0 Å². The second-order valence-corrected chi connectivity index (χ2v) is 5.62. The number of carbonyl (C=O) groups is 1. The van der Waals surface area contributed by atoms with Gasteiger partial charge in [0, 0.05) is 16.9 Å². The summed E-state index contributed by atoms with van der Waals surface area (Å²) in [7, 11) is 0. The van der Waals surface area contributed by atoms with Gasteiger partial charge < -0.3 is 5.32 Å². The molecule has 0 heterocycles. The van der Waals surface area contributed by atoms with Crippen LogP contribution in [0.15, 0.2) is 24.3 Å². The zero-order valence-corrected chi connectivity index (χ0v) is 12.4. The summed E-state index contributed by atoms with van der Waals surface area (Å²) in [6.07, 6.45) is 4.55. The molecular formula is C15H20BrNO. The van der Waals surface area contributed by atoms with Gasteiger partial charge in [-0.2, -0.15) is 0 Å². The van der Waals surface area contributed by atoms with E-state index in [4.69, 9.17) is 0 Å². The average molecular weight is 310 g/mol. The van der Waals surface area contributed by atoms with Crippen molar-refractivity contribution in [1.29, 1.82) is 0 Å². The molecule has 3 heteroatoms. The Morgan fingerprint density at radius 3 is 2.67 bits per heavy atom. The minimum Gasteiger partial charge on any atom is -0.349 e. The lowest BCUT2D eigenvalue weighted by molar-refractivity contribution is 0.0930.